The molecule has 1 aliphatic carbocycles. The van der Waals surface area contributed by atoms with E-state index in [4.69, 9.17) is 5.73 Å². The molecule has 0 unspecified atom stereocenters. The largest absolute Gasteiger partial charge is 0.391 e. The minimum Gasteiger partial charge on any atom is -0.342 e. The Labute approximate surface area is 118 Å². The van der Waals surface area contributed by atoms with Crippen molar-refractivity contribution in [2.75, 3.05) is 19.6 Å². The van der Waals surface area contributed by atoms with Crippen molar-refractivity contribution in [2.24, 2.45) is 17.6 Å². The van der Waals surface area contributed by atoms with Crippen LogP contribution in [-0.4, -0.2) is 36.6 Å². The maximum absolute atomic E-state index is 12.6. The number of amides is 1. The van der Waals surface area contributed by atoms with Gasteiger partial charge in [0.1, 0.15) is 0 Å². The number of hydrogen-bond donors (Lipinski definition) is 1. The number of carbonyl (C=O) groups excluding carboxylic acids is 1. The van der Waals surface area contributed by atoms with Gasteiger partial charge in [-0.15, -0.1) is 0 Å². The van der Waals surface area contributed by atoms with Crippen molar-refractivity contribution in [3.63, 3.8) is 0 Å². The van der Waals surface area contributed by atoms with Crippen molar-refractivity contribution in [2.45, 2.75) is 51.6 Å². The van der Waals surface area contributed by atoms with E-state index in [2.05, 4.69) is 0 Å². The van der Waals surface area contributed by atoms with Gasteiger partial charge in [-0.2, -0.15) is 13.2 Å². The Morgan fingerprint density at radius 3 is 2.25 bits per heavy atom. The molecule has 0 heterocycles. The quantitative estimate of drug-likeness (QED) is 0.818. The summed E-state index contributed by atoms with van der Waals surface area (Å²) >= 11 is 0. The Bertz CT molecular complexity index is 299. The number of hydrogen-bond acceptors (Lipinski definition) is 2. The molecule has 0 aromatic carbocycles. The number of nitrogens with zero attached hydrogens (tertiary/aromatic N) is 1. The van der Waals surface area contributed by atoms with Crippen molar-refractivity contribution in [3.8, 4) is 0 Å². The second-order valence-corrected chi connectivity index (χ2v) is 5.56. The highest BCUT2D eigenvalue weighted by Gasteiger charge is 2.42. The minimum absolute atomic E-state index is 0.0147. The second-order valence-electron chi connectivity index (χ2n) is 5.56. The molecule has 1 aliphatic rings. The van der Waals surface area contributed by atoms with Crippen LogP contribution in [-0.2, 0) is 4.79 Å². The molecule has 2 N–H and O–H groups in total. The summed E-state index contributed by atoms with van der Waals surface area (Å²) < 4.78 is 37.8. The lowest BCUT2D eigenvalue weighted by Gasteiger charge is -2.32. The first-order valence-electron chi connectivity index (χ1n) is 7.45. The predicted molar refractivity (Wildman–Crippen MR) is 72.0 cm³/mol. The standard InChI is InChI=1S/C14H25F3N2O/c1-2-9-19(10-3-8-18)13(20)11-4-6-12(7-5-11)14(15,16)17/h11-12H,2-10,18H2,1H3. The predicted octanol–water partition coefficient (Wildman–Crippen LogP) is 2.94. The van der Waals surface area contributed by atoms with E-state index in [0.717, 1.165) is 12.8 Å². The molecule has 0 bridgehead atoms. The topological polar surface area (TPSA) is 46.3 Å². The monoisotopic (exact) mass is 294 g/mol. The molecule has 0 atom stereocenters. The van der Waals surface area contributed by atoms with Crippen LogP contribution >= 0.6 is 0 Å². The van der Waals surface area contributed by atoms with Crippen LogP contribution < -0.4 is 5.73 Å². The SMILES string of the molecule is CCCN(CCCN)C(=O)C1CCC(C(F)(F)F)CC1. The molecule has 0 saturated heterocycles. The van der Waals surface area contributed by atoms with Crippen molar-refractivity contribution in [1.82, 2.24) is 4.90 Å². The zero-order valence-corrected chi connectivity index (χ0v) is 12.1. The van der Waals surface area contributed by atoms with Gasteiger partial charge in [-0.05, 0) is 45.1 Å². The lowest BCUT2D eigenvalue weighted by atomic mass is 9.81. The first kappa shape index (κ1) is 17.3. The van der Waals surface area contributed by atoms with E-state index >= 15 is 0 Å². The summed E-state index contributed by atoms with van der Waals surface area (Å²) in [5, 5.41) is 0. The number of halogens is 3. The maximum atomic E-state index is 12.6. The van der Waals surface area contributed by atoms with Gasteiger partial charge in [0.15, 0.2) is 0 Å². The average Bonchev–Trinajstić information content (AvgIpc) is 2.42. The molecule has 0 radical (unpaired) electrons. The number of alkyl halides is 3. The van der Waals surface area contributed by atoms with Gasteiger partial charge < -0.3 is 10.6 Å². The van der Waals surface area contributed by atoms with Crippen LogP contribution in [0.1, 0.15) is 45.4 Å². The fourth-order valence-electron chi connectivity index (χ4n) is 2.81. The Kier molecular flexibility index (Phi) is 6.79. The van der Waals surface area contributed by atoms with E-state index < -0.39 is 12.1 Å². The highest BCUT2D eigenvalue weighted by molar-refractivity contribution is 5.78. The van der Waals surface area contributed by atoms with Crippen LogP contribution in [0.4, 0.5) is 13.2 Å². The van der Waals surface area contributed by atoms with Crippen molar-refractivity contribution in [1.29, 1.82) is 0 Å². The molecule has 3 nitrogen and oxygen atoms in total. The van der Waals surface area contributed by atoms with E-state index in [-0.39, 0.29) is 24.7 Å². The van der Waals surface area contributed by atoms with Gasteiger partial charge in [0, 0.05) is 19.0 Å². The fourth-order valence-corrected chi connectivity index (χ4v) is 2.81. The van der Waals surface area contributed by atoms with E-state index in [1.165, 1.54) is 0 Å². The van der Waals surface area contributed by atoms with Gasteiger partial charge in [-0.1, -0.05) is 6.92 Å². The third kappa shape index (κ3) is 4.96. The summed E-state index contributed by atoms with van der Waals surface area (Å²) in [5.74, 6) is -1.45. The number of rotatable bonds is 6. The first-order chi connectivity index (χ1) is 9.40. The Morgan fingerprint density at radius 1 is 1.20 bits per heavy atom. The lowest BCUT2D eigenvalue weighted by Crippen LogP contribution is -2.40. The Balaban J connectivity index is 2.51. The zero-order valence-electron chi connectivity index (χ0n) is 12.1. The Morgan fingerprint density at radius 2 is 1.80 bits per heavy atom. The molecule has 1 saturated carbocycles. The van der Waals surface area contributed by atoms with Crippen LogP contribution in [0, 0.1) is 11.8 Å². The molecule has 1 amide bonds. The average molecular weight is 294 g/mol. The fraction of sp³-hybridized carbons (Fsp3) is 0.929. The third-order valence-corrected chi connectivity index (χ3v) is 3.98. The van der Waals surface area contributed by atoms with E-state index in [0.29, 0.717) is 32.5 Å². The van der Waals surface area contributed by atoms with Gasteiger partial charge in [-0.25, -0.2) is 0 Å². The summed E-state index contributed by atoms with van der Waals surface area (Å²) in [7, 11) is 0. The summed E-state index contributed by atoms with van der Waals surface area (Å²) in [5.41, 5.74) is 5.45. The van der Waals surface area contributed by atoms with Crippen molar-refractivity contribution < 1.29 is 18.0 Å². The molecular weight excluding hydrogens is 269 g/mol. The summed E-state index contributed by atoms with van der Waals surface area (Å²) in [4.78, 5) is 14.1. The number of nitrogens with two attached hydrogens (primary N) is 1. The second kappa shape index (κ2) is 7.86. The smallest absolute Gasteiger partial charge is 0.342 e. The van der Waals surface area contributed by atoms with Gasteiger partial charge in [-0.3, -0.25) is 4.79 Å². The molecule has 0 aromatic heterocycles. The first-order valence-corrected chi connectivity index (χ1v) is 7.45. The van der Waals surface area contributed by atoms with E-state index in [1.54, 1.807) is 4.90 Å². The molecule has 0 aliphatic heterocycles. The van der Waals surface area contributed by atoms with Crippen LogP contribution in [0.5, 0.6) is 0 Å². The van der Waals surface area contributed by atoms with Crippen LogP contribution in [0.25, 0.3) is 0 Å². The zero-order chi connectivity index (χ0) is 15.2. The number of carbonyl (C=O) groups is 1. The van der Waals surface area contributed by atoms with Crippen LogP contribution in [0.15, 0.2) is 0 Å². The molecule has 6 heteroatoms. The molecule has 1 fully saturated rings. The molecule has 118 valence electrons. The summed E-state index contributed by atoms with van der Waals surface area (Å²) in [6.45, 7) is 3.79. The lowest BCUT2D eigenvalue weighted by molar-refractivity contribution is -0.185. The third-order valence-electron chi connectivity index (χ3n) is 3.98. The van der Waals surface area contributed by atoms with Gasteiger partial charge in [0.2, 0.25) is 5.91 Å². The van der Waals surface area contributed by atoms with E-state index in [1.807, 2.05) is 6.92 Å². The molecule has 20 heavy (non-hydrogen) atoms. The summed E-state index contributed by atoms with van der Waals surface area (Å²) in [6, 6.07) is 0. The van der Waals surface area contributed by atoms with Crippen LogP contribution in [0.2, 0.25) is 0 Å². The molecule has 0 spiro atoms. The maximum Gasteiger partial charge on any atom is 0.391 e. The van der Waals surface area contributed by atoms with E-state index in [9.17, 15) is 18.0 Å². The highest BCUT2D eigenvalue weighted by Crippen LogP contribution is 2.39. The molecule has 1 rings (SSSR count). The highest BCUT2D eigenvalue weighted by atomic mass is 19.4. The normalized spacial score (nSPS) is 23.6. The minimum atomic E-state index is -4.11. The van der Waals surface area contributed by atoms with Gasteiger partial charge in [0.05, 0.1) is 5.92 Å². The van der Waals surface area contributed by atoms with Crippen molar-refractivity contribution in [3.05, 3.63) is 0 Å². The van der Waals surface area contributed by atoms with Gasteiger partial charge in [0.25, 0.3) is 0 Å². The van der Waals surface area contributed by atoms with Gasteiger partial charge >= 0.3 is 6.18 Å². The molecular formula is C14H25F3N2O. The van der Waals surface area contributed by atoms with Crippen molar-refractivity contribution >= 4 is 5.91 Å². The molecule has 0 aromatic rings. The Hall–Kier alpha value is -0.780. The van der Waals surface area contributed by atoms with Crippen LogP contribution in [0.3, 0.4) is 0 Å². The summed E-state index contributed by atoms with van der Waals surface area (Å²) in [6.07, 6.45) is -1.65.